The van der Waals surface area contributed by atoms with Gasteiger partial charge in [-0.05, 0) is 17.7 Å². The van der Waals surface area contributed by atoms with E-state index in [2.05, 4.69) is 0 Å². The molecule has 1 fully saturated rings. The summed E-state index contributed by atoms with van der Waals surface area (Å²) < 4.78 is 22.6. The van der Waals surface area contributed by atoms with Gasteiger partial charge < -0.3 is 18.9 Å². The van der Waals surface area contributed by atoms with Crippen molar-refractivity contribution >= 4 is 5.78 Å². The molecule has 0 aromatic heterocycles. The van der Waals surface area contributed by atoms with Gasteiger partial charge in [0.2, 0.25) is 0 Å². The van der Waals surface area contributed by atoms with Crippen LogP contribution in [0, 0.1) is 0 Å². The molecule has 3 atom stereocenters. The third kappa shape index (κ3) is 2.01. The Morgan fingerprint density at radius 1 is 0.957 bits per heavy atom. The van der Waals surface area contributed by atoms with Crippen LogP contribution in [0.5, 0.6) is 5.75 Å². The Labute approximate surface area is 133 Å². The molecule has 118 valence electrons. The Bertz CT molecular complexity index is 754. The molecule has 0 unspecified atom stereocenters. The first kappa shape index (κ1) is 14.4. The first-order valence-electron chi connectivity index (χ1n) is 7.37. The highest BCUT2D eigenvalue weighted by molar-refractivity contribution is 6.02. The second-order valence-corrected chi connectivity index (χ2v) is 5.52. The maximum atomic E-state index is 12.8. The lowest BCUT2D eigenvalue weighted by atomic mass is 9.93. The molecule has 0 spiro atoms. The van der Waals surface area contributed by atoms with E-state index in [9.17, 15) is 4.79 Å². The molecule has 2 bridgehead atoms. The van der Waals surface area contributed by atoms with Gasteiger partial charge in [-0.3, -0.25) is 4.79 Å². The molecule has 4 rings (SSSR count). The van der Waals surface area contributed by atoms with Crippen molar-refractivity contribution in [1.29, 1.82) is 0 Å². The molecule has 2 heterocycles. The first-order chi connectivity index (χ1) is 11.2. The fourth-order valence-corrected chi connectivity index (χ4v) is 3.16. The van der Waals surface area contributed by atoms with E-state index in [1.807, 2.05) is 36.4 Å². The summed E-state index contributed by atoms with van der Waals surface area (Å²) in [5.74, 6) is -0.682. The summed E-state index contributed by atoms with van der Waals surface area (Å²) in [4.78, 5) is 12.8. The number of methoxy groups -OCH3 is 2. The molecule has 2 aromatic rings. The van der Waals surface area contributed by atoms with E-state index in [-0.39, 0.29) is 5.78 Å². The molecular weight excluding hydrogens is 296 g/mol. The summed E-state index contributed by atoms with van der Waals surface area (Å²) in [6, 6.07) is 14.6. The van der Waals surface area contributed by atoms with E-state index in [1.165, 1.54) is 7.11 Å². The smallest absolute Gasteiger partial charge is 0.313 e. The van der Waals surface area contributed by atoms with Crippen molar-refractivity contribution in [3.8, 4) is 5.75 Å². The number of fused-ring (bicyclic) bond motifs is 4. The van der Waals surface area contributed by atoms with Gasteiger partial charge in [0.1, 0.15) is 11.9 Å². The zero-order valence-electron chi connectivity index (χ0n) is 12.8. The predicted octanol–water partition coefficient (Wildman–Crippen LogP) is 2.80. The maximum Gasteiger partial charge on any atom is 0.313 e. The van der Waals surface area contributed by atoms with E-state index in [0.29, 0.717) is 11.1 Å². The quantitative estimate of drug-likeness (QED) is 0.872. The Morgan fingerprint density at radius 2 is 1.65 bits per heavy atom. The number of rotatable bonds is 3. The number of ether oxygens (including phenoxy) is 4. The highest BCUT2D eigenvalue weighted by Gasteiger charge is 2.58. The van der Waals surface area contributed by atoms with Gasteiger partial charge in [0.25, 0.3) is 0 Å². The second-order valence-electron chi connectivity index (χ2n) is 5.52. The lowest BCUT2D eigenvalue weighted by Crippen LogP contribution is -2.39. The van der Waals surface area contributed by atoms with Gasteiger partial charge >= 0.3 is 5.97 Å². The summed E-state index contributed by atoms with van der Waals surface area (Å²) >= 11 is 0. The fourth-order valence-electron chi connectivity index (χ4n) is 3.16. The van der Waals surface area contributed by atoms with Crippen molar-refractivity contribution in [2.45, 2.75) is 18.2 Å². The summed E-state index contributed by atoms with van der Waals surface area (Å²) in [5.41, 5.74) is 2.04. The standard InChI is InChI=1S/C18H16O5/c1-20-12-9-7-11(8-10-12)16-17-15(19)13-5-3-4-6-14(13)18(21-2,22-16)23-17/h3-10,16-17H,1-2H3/t16-,17+,18+/m0/s1. The van der Waals surface area contributed by atoms with Gasteiger partial charge in [0.05, 0.1) is 12.7 Å². The molecule has 0 amide bonds. The van der Waals surface area contributed by atoms with Crippen LogP contribution in [0.4, 0.5) is 0 Å². The third-order valence-electron chi connectivity index (χ3n) is 4.33. The largest absolute Gasteiger partial charge is 0.497 e. The van der Waals surface area contributed by atoms with E-state index in [4.69, 9.17) is 18.9 Å². The molecule has 2 aliphatic heterocycles. The molecule has 0 aliphatic carbocycles. The van der Waals surface area contributed by atoms with Crippen LogP contribution in [-0.4, -0.2) is 26.1 Å². The van der Waals surface area contributed by atoms with Gasteiger partial charge in [0, 0.05) is 12.7 Å². The van der Waals surface area contributed by atoms with Gasteiger partial charge in [-0.25, -0.2) is 0 Å². The summed E-state index contributed by atoms with van der Waals surface area (Å²) in [7, 11) is 3.12. The molecule has 1 saturated heterocycles. The van der Waals surface area contributed by atoms with Crippen LogP contribution >= 0.6 is 0 Å². The lowest BCUT2D eigenvalue weighted by molar-refractivity contribution is -0.343. The maximum absolute atomic E-state index is 12.8. The van der Waals surface area contributed by atoms with Crippen LogP contribution in [0.25, 0.3) is 0 Å². The molecule has 0 N–H and O–H groups in total. The van der Waals surface area contributed by atoms with Gasteiger partial charge in [-0.1, -0.05) is 36.4 Å². The summed E-state index contributed by atoms with van der Waals surface area (Å²) in [6.45, 7) is 0. The van der Waals surface area contributed by atoms with Crippen LogP contribution in [-0.2, 0) is 20.2 Å². The van der Waals surface area contributed by atoms with Crippen molar-refractivity contribution in [3.63, 3.8) is 0 Å². The zero-order chi connectivity index (χ0) is 16.0. The minimum Gasteiger partial charge on any atom is -0.497 e. The fraction of sp³-hybridized carbons (Fsp3) is 0.278. The molecule has 23 heavy (non-hydrogen) atoms. The molecule has 2 aliphatic rings. The normalized spacial score (nSPS) is 28.5. The third-order valence-corrected chi connectivity index (χ3v) is 4.33. The SMILES string of the molecule is COc1ccc([C@@H]2O[C@@]3(OC)O[C@@H]2C(=O)c2ccccc23)cc1. The first-order valence-corrected chi connectivity index (χ1v) is 7.37. The topological polar surface area (TPSA) is 54.0 Å². The van der Waals surface area contributed by atoms with Gasteiger partial charge in [-0.2, -0.15) is 0 Å². The van der Waals surface area contributed by atoms with Gasteiger partial charge in [-0.15, -0.1) is 0 Å². The monoisotopic (exact) mass is 312 g/mol. The van der Waals surface area contributed by atoms with Crippen LogP contribution in [0.2, 0.25) is 0 Å². The van der Waals surface area contributed by atoms with E-state index < -0.39 is 18.2 Å². The number of carbonyl (C=O) groups excluding carboxylic acids is 1. The molecule has 2 aromatic carbocycles. The highest BCUT2D eigenvalue weighted by atomic mass is 16.9. The highest BCUT2D eigenvalue weighted by Crippen LogP contribution is 2.50. The zero-order valence-corrected chi connectivity index (χ0v) is 12.8. The van der Waals surface area contributed by atoms with Crippen LogP contribution < -0.4 is 4.74 Å². The number of ketones is 1. The minimum atomic E-state index is -1.33. The van der Waals surface area contributed by atoms with Crippen molar-refractivity contribution in [3.05, 3.63) is 65.2 Å². The molecular formula is C18H16O5. The van der Waals surface area contributed by atoms with Crippen LogP contribution in [0.3, 0.4) is 0 Å². The average molecular weight is 312 g/mol. The summed E-state index contributed by atoms with van der Waals surface area (Å²) in [5, 5.41) is 0. The Morgan fingerprint density at radius 3 is 2.35 bits per heavy atom. The second kappa shape index (κ2) is 5.16. The molecule has 0 saturated carbocycles. The number of carbonyl (C=O) groups is 1. The molecule has 0 radical (unpaired) electrons. The predicted molar refractivity (Wildman–Crippen MR) is 81.2 cm³/mol. The van der Waals surface area contributed by atoms with E-state index in [1.54, 1.807) is 19.2 Å². The van der Waals surface area contributed by atoms with Gasteiger partial charge in [0.15, 0.2) is 11.9 Å². The van der Waals surface area contributed by atoms with E-state index in [0.717, 1.165) is 11.3 Å². The molecule has 5 heteroatoms. The number of Topliss-reactive ketones (excluding diaryl/α,β-unsaturated/α-hetero) is 1. The van der Waals surface area contributed by atoms with Crippen LogP contribution in [0.15, 0.2) is 48.5 Å². The number of hydrogen-bond donors (Lipinski definition) is 0. The number of hydrogen-bond acceptors (Lipinski definition) is 5. The number of benzene rings is 2. The van der Waals surface area contributed by atoms with Crippen LogP contribution in [0.1, 0.15) is 27.6 Å². The average Bonchev–Trinajstić information content (AvgIpc) is 2.98. The van der Waals surface area contributed by atoms with Crippen molar-refractivity contribution in [2.75, 3.05) is 14.2 Å². The van der Waals surface area contributed by atoms with Crippen molar-refractivity contribution < 1.29 is 23.7 Å². The Balaban J connectivity index is 1.78. The van der Waals surface area contributed by atoms with E-state index >= 15 is 0 Å². The Hall–Kier alpha value is -2.21. The Kier molecular flexibility index (Phi) is 3.23. The van der Waals surface area contributed by atoms with Crippen molar-refractivity contribution in [2.24, 2.45) is 0 Å². The summed E-state index contributed by atoms with van der Waals surface area (Å²) in [6.07, 6.45) is -1.25. The van der Waals surface area contributed by atoms with Crippen molar-refractivity contribution in [1.82, 2.24) is 0 Å². The molecule has 5 nitrogen and oxygen atoms in total. The minimum absolute atomic E-state index is 0.0911. The lowest BCUT2D eigenvalue weighted by Gasteiger charge is -2.30.